The molecule has 3 rings (SSSR count). The number of nitrogens with one attached hydrogen (secondary N) is 1. The Balaban J connectivity index is 1.53. The van der Waals surface area contributed by atoms with E-state index in [-0.39, 0.29) is 0 Å². The van der Waals surface area contributed by atoms with Crippen molar-refractivity contribution < 1.29 is 4.74 Å². The molecule has 3 aromatic rings. The van der Waals surface area contributed by atoms with Crippen molar-refractivity contribution in [2.75, 3.05) is 13.7 Å². The Labute approximate surface area is 167 Å². The molecule has 1 unspecified atom stereocenters. The number of ether oxygens (including phenoxy) is 1. The third kappa shape index (κ3) is 5.35. The van der Waals surface area contributed by atoms with Gasteiger partial charge >= 0.3 is 0 Å². The Bertz CT molecular complexity index is 843. The minimum Gasteiger partial charge on any atom is -0.496 e. The Morgan fingerprint density at radius 1 is 0.926 bits per heavy atom. The lowest BCUT2D eigenvalue weighted by Crippen LogP contribution is -2.20. The van der Waals surface area contributed by atoms with Crippen molar-refractivity contribution in [3.05, 3.63) is 88.9 Å². The van der Waals surface area contributed by atoms with Gasteiger partial charge < -0.3 is 10.1 Å². The summed E-state index contributed by atoms with van der Waals surface area (Å²) in [7, 11) is 1.71. The second-order valence-electron chi connectivity index (χ2n) is 6.73. The number of methoxy groups -OCH3 is 1. The van der Waals surface area contributed by atoms with Crippen molar-refractivity contribution in [1.82, 2.24) is 5.32 Å². The van der Waals surface area contributed by atoms with Gasteiger partial charge in [-0.05, 0) is 61.2 Å². The molecule has 140 valence electrons. The number of aryl methyl sites for hydroxylation is 1. The Morgan fingerprint density at radius 2 is 1.63 bits per heavy atom. The molecule has 0 fully saturated rings. The molecule has 3 heteroatoms. The highest BCUT2D eigenvalue weighted by Gasteiger charge is 2.08. The van der Waals surface area contributed by atoms with Crippen molar-refractivity contribution in [1.29, 1.82) is 0 Å². The summed E-state index contributed by atoms with van der Waals surface area (Å²) in [5, 5.41) is 4.41. The van der Waals surface area contributed by atoms with Crippen molar-refractivity contribution in [3.63, 3.8) is 0 Å². The number of benzene rings is 3. The summed E-state index contributed by atoms with van der Waals surface area (Å²) >= 11 is 5.93. The highest BCUT2D eigenvalue weighted by molar-refractivity contribution is 6.30. The molecule has 0 aliphatic carbocycles. The first-order chi connectivity index (χ1) is 13.2. The lowest BCUT2D eigenvalue weighted by Gasteiger charge is -2.15. The summed E-state index contributed by atoms with van der Waals surface area (Å²) in [5.74, 6) is 0.902. The van der Waals surface area contributed by atoms with Crippen molar-refractivity contribution in [3.8, 4) is 16.9 Å². The zero-order chi connectivity index (χ0) is 19.1. The van der Waals surface area contributed by atoms with Crippen LogP contribution < -0.4 is 10.1 Å². The fourth-order valence-corrected chi connectivity index (χ4v) is 3.34. The van der Waals surface area contributed by atoms with Crippen LogP contribution in [0, 0.1) is 0 Å². The van der Waals surface area contributed by atoms with Gasteiger partial charge in [-0.1, -0.05) is 66.2 Å². The van der Waals surface area contributed by atoms with Crippen molar-refractivity contribution in [2.24, 2.45) is 0 Å². The molecule has 1 N–H and O–H groups in total. The molecule has 0 aliphatic rings. The van der Waals surface area contributed by atoms with E-state index in [1.165, 1.54) is 16.7 Å². The fraction of sp³-hybridized carbons (Fsp3) is 0.250. The summed E-state index contributed by atoms with van der Waals surface area (Å²) in [6.07, 6.45) is 2.16. The van der Waals surface area contributed by atoms with Crippen LogP contribution in [0.15, 0.2) is 72.8 Å². The smallest absolute Gasteiger partial charge is 0.126 e. The molecule has 0 heterocycles. The number of halogens is 1. The van der Waals surface area contributed by atoms with Crippen molar-refractivity contribution in [2.45, 2.75) is 25.8 Å². The van der Waals surface area contributed by atoms with Crippen LogP contribution in [0.1, 0.15) is 30.5 Å². The van der Waals surface area contributed by atoms with E-state index in [4.69, 9.17) is 16.3 Å². The normalized spacial score (nSPS) is 12.0. The first-order valence-electron chi connectivity index (χ1n) is 9.38. The molecule has 0 bridgehead atoms. The molecule has 0 amide bonds. The highest BCUT2D eigenvalue weighted by Crippen LogP contribution is 2.30. The predicted octanol–water partition coefficient (Wildman–Crippen LogP) is 6.30. The molecule has 0 saturated heterocycles. The summed E-state index contributed by atoms with van der Waals surface area (Å²) in [4.78, 5) is 0. The summed E-state index contributed by atoms with van der Waals surface area (Å²) in [5.41, 5.74) is 4.91. The van der Waals surface area contributed by atoms with E-state index in [0.717, 1.165) is 35.7 Å². The molecule has 0 saturated carbocycles. The van der Waals surface area contributed by atoms with E-state index >= 15 is 0 Å². The lowest BCUT2D eigenvalue weighted by molar-refractivity contribution is 0.416. The van der Waals surface area contributed by atoms with Crippen LogP contribution in [0.25, 0.3) is 11.1 Å². The number of rotatable bonds is 8. The summed E-state index contributed by atoms with van der Waals surface area (Å²) in [6.45, 7) is 3.19. The van der Waals surface area contributed by atoms with E-state index in [1.807, 2.05) is 30.3 Å². The van der Waals surface area contributed by atoms with Gasteiger partial charge in [0.15, 0.2) is 0 Å². The molecule has 1 atom stereocenters. The van der Waals surface area contributed by atoms with Gasteiger partial charge in [0.2, 0.25) is 0 Å². The van der Waals surface area contributed by atoms with Gasteiger partial charge in [0.05, 0.1) is 7.11 Å². The maximum absolute atomic E-state index is 5.93. The van der Waals surface area contributed by atoms with Crippen LogP contribution in [0.4, 0.5) is 0 Å². The quantitative estimate of drug-likeness (QED) is 0.464. The minimum atomic E-state index is 0.321. The molecule has 27 heavy (non-hydrogen) atoms. The monoisotopic (exact) mass is 379 g/mol. The summed E-state index contributed by atoms with van der Waals surface area (Å²) in [6, 6.07) is 25.3. The Hall–Kier alpha value is -2.29. The Kier molecular flexibility index (Phi) is 6.92. The van der Waals surface area contributed by atoms with Crippen molar-refractivity contribution >= 4 is 11.6 Å². The van der Waals surface area contributed by atoms with E-state index in [1.54, 1.807) is 7.11 Å². The standard InChI is InChI=1S/C24H26ClNO/c1-18(26-17-5-6-19-9-15-22(25)16-10-19)20-11-13-21(14-12-20)23-7-3-4-8-24(23)27-2/h3-4,7-16,18,26H,5-6,17H2,1-2H3. The second kappa shape index (κ2) is 9.59. The Morgan fingerprint density at radius 3 is 2.33 bits per heavy atom. The van der Waals surface area contributed by atoms with Crippen LogP contribution in [0.3, 0.4) is 0 Å². The van der Waals surface area contributed by atoms with Gasteiger partial charge in [0.1, 0.15) is 5.75 Å². The average molecular weight is 380 g/mol. The molecular formula is C24H26ClNO. The molecule has 0 radical (unpaired) electrons. The van der Waals surface area contributed by atoms with Crippen LogP contribution in [-0.4, -0.2) is 13.7 Å². The van der Waals surface area contributed by atoms with Gasteiger partial charge in [-0.3, -0.25) is 0 Å². The van der Waals surface area contributed by atoms with Gasteiger partial charge in [-0.25, -0.2) is 0 Å². The predicted molar refractivity (Wildman–Crippen MR) is 115 cm³/mol. The van der Waals surface area contributed by atoms with Gasteiger partial charge in [-0.15, -0.1) is 0 Å². The number of para-hydroxylation sites is 1. The molecular weight excluding hydrogens is 354 g/mol. The summed E-state index contributed by atoms with van der Waals surface area (Å²) < 4.78 is 5.47. The van der Waals surface area contributed by atoms with E-state index in [2.05, 4.69) is 54.7 Å². The molecule has 2 nitrogen and oxygen atoms in total. The van der Waals surface area contributed by atoms with E-state index in [0.29, 0.717) is 6.04 Å². The molecule has 0 aromatic heterocycles. The van der Waals surface area contributed by atoms with Gasteiger partial charge in [-0.2, -0.15) is 0 Å². The maximum atomic E-state index is 5.93. The second-order valence-corrected chi connectivity index (χ2v) is 7.16. The minimum absolute atomic E-state index is 0.321. The number of hydrogen-bond donors (Lipinski definition) is 1. The van der Waals surface area contributed by atoms with Crippen LogP contribution in [-0.2, 0) is 6.42 Å². The molecule has 0 spiro atoms. The van der Waals surface area contributed by atoms with Crippen LogP contribution in [0.2, 0.25) is 5.02 Å². The third-order valence-corrected chi connectivity index (χ3v) is 5.09. The van der Waals surface area contributed by atoms with Crippen LogP contribution in [0.5, 0.6) is 5.75 Å². The first-order valence-corrected chi connectivity index (χ1v) is 9.76. The number of hydrogen-bond acceptors (Lipinski definition) is 2. The van der Waals surface area contributed by atoms with Crippen LogP contribution >= 0.6 is 11.6 Å². The van der Waals surface area contributed by atoms with E-state index < -0.39 is 0 Å². The fourth-order valence-electron chi connectivity index (χ4n) is 3.21. The van der Waals surface area contributed by atoms with E-state index in [9.17, 15) is 0 Å². The average Bonchev–Trinajstić information content (AvgIpc) is 2.72. The third-order valence-electron chi connectivity index (χ3n) is 4.83. The molecule has 0 aliphatic heterocycles. The zero-order valence-electron chi connectivity index (χ0n) is 15.9. The zero-order valence-corrected chi connectivity index (χ0v) is 16.7. The lowest BCUT2D eigenvalue weighted by atomic mass is 10.0. The highest BCUT2D eigenvalue weighted by atomic mass is 35.5. The largest absolute Gasteiger partial charge is 0.496 e. The molecule has 3 aromatic carbocycles. The van der Waals surface area contributed by atoms with Gasteiger partial charge in [0, 0.05) is 16.6 Å². The van der Waals surface area contributed by atoms with Gasteiger partial charge in [0.25, 0.3) is 0 Å². The maximum Gasteiger partial charge on any atom is 0.126 e. The topological polar surface area (TPSA) is 21.3 Å². The SMILES string of the molecule is COc1ccccc1-c1ccc(C(C)NCCCc2ccc(Cl)cc2)cc1. The first kappa shape index (κ1) is 19.5.